The van der Waals surface area contributed by atoms with E-state index in [-0.39, 0.29) is 10.7 Å². The monoisotopic (exact) mass is 434 g/mol. The van der Waals surface area contributed by atoms with Crippen molar-refractivity contribution in [1.29, 1.82) is 0 Å². The minimum Gasteiger partial charge on any atom is -0.363 e. The van der Waals surface area contributed by atoms with Gasteiger partial charge in [-0.2, -0.15) is 0 Å². The Bertz CT molecular complexity index is 995. The van der Waals surface area contributed by atoms with Gasteiger partial charge in [0.1, 0.15) is 10.9 Å². The van der Waals surface area contributed by atoms with Crippen LogP contribution in [0.3, 0.4) is 0 Å². The average Bonchev–Trinajstić information content (AvgIpc) is 3.03. The molecular formula is C21H30N4O2S2. The second-order valence-electron chi connectivity index (χ2n) is 9.52. The van der Waals surface area contributed by atoms with Crippen molar-refractivity contribution >= 4 is 38.3 Å². The molecule has 0 atom stereocenters. The highest BCUT2D eigenvalue weighted by molar-refractivity contribution is 7.89. The Balaban J connectivity index is 1.34. The lowest BCUT2D eigenvalue weighted by atomic mass is 9.90. The zero-order valence-electron chi connectivity index (χ0n) is 17.4. The van der Waals surface area contributed by atoms with Crippen LogP contribution in [0, 0.1) is 5.41 Å². The van der Waals surface area contributed by atoms with E-state index in [0.717, 1.165) is 35.3 Å². The number of piperidine rings is 1. The third kappa shape index (κ3) is 4.20. The number of rotatable bonds is 4. The van der Waals surface area contributed by atoms with Crippen LogP contribution in [-0.2, 0) is 10.0 Å². The molecule has 158 valence electrons. The highest BCUT2D eigenvalue weighted by Crippen LogP contribution is 2.35. The molecule has 0 amide bonds. The van der Waals surface area contributed by atoms with Gasteiger partial charge in [-0.15, -0.1) is 0 Å². The van der Waals surface area contributed by atoms with Gasteiger partial charge in [0.2, 0.25) is 10.0 Å². The van der Waals surface area contributed by atoms with Gasteiger partial charge >= 0.3 is 0 Å². The predicted octanol–water partition coefficient (Wildman–Crippen LogP) is 3.52. The van der Waals surface area contributed by atoms with Crippen LogP contribution in [0.15, 0.2) is 24.5 Å². The first kappa shape index (κ1) is 20.8. The first-order valence-corrected chi connectivity index (χ1v) is 12.2. The third-order valence-corrected chi connectivity index (χ3v) is 8.67. The maximum absolute atomic E-state index is 13.1. The largest absolute Gasteiger partial charge is 0.363 e. The fourth-order valence-electron chi connectivity index (χ4n) is 4.34. The van der Waals surface area contributed by atoms with E-state index < -0.39 is 10.0 Å². The second kappa shape index (κ2) is 7.63. The summed E-state index contributed by atoms with van der Waals surface area (Å²) >= 11 is 5.52. The molecule has 0 aromatic carbocycles. The normalized spacial score (nSPS) is 20.2. The fraction of sp³-hybridized carbons (Fsp3) is 0.619. The molecule has 4 rings (SSSR count). The van der Waals surface area contributed by atoms with Gasteiger partial charge in [0.05, 0.1) is 4.99 Å². The molecule has 0 aliphatic carbocycles. The SMILES string of the molecule is CC(C)(C)CC(=S)N1CC(S(=O)(=O)N2CCC(c3c[nH]c4ncccc34)CC2)C1. The van der Waals surface area contributed by atoms with E-state index in [1.54, 1.807) is 10.5 Å². The second-order valence-corrected chi connectivity index (χ2v) is 12.2. The molecule has 4 heterocycles. The molecule has 0 radical (unpaired) electrons. The lowest BCUT2D eigenvalue weighted by Crippen LogP contribution is -2.60. The van der Waals surface area contributed by atoms with Crippen LogP contribution in [0.4, 0.5) is 0 Å². The standard InChI is InChI=1S/C21H30N4O2S2/c1-21(2,3)11-19(28)24-13-16(14-24)29(26,27)25-9-6-15(7-10-25)18-12-23-20-17(18)5-4-8-22-20/h4-5,8,12,15-16H,6-7,9-11,13-14H2,1-3H3,(H,22,23). The van der Waals surface area contributed by atoms with Crippen molar-refractivity contribution in [3.8, 4) is 0 Å². The van der Waals surface area contributed by atoms with Crippen molar-refractivity contribution in [2.75, 3.05) is 26.2 Å². The molecule has 1 N–H and O–H groups in total. The number of fused-ring (bicyclic) bond motifs is 1. The smallest absolute Gasteiger partial charge is 0.220 e. The minimum atomic E-state index is -3.26. The van der Waals surface area contributed by atoms with Crippen LogP contribution in [-0.4, -0.2) is 64.0 Å². The first-order valence-electron chi connectivity index (χ1n) is 10.3. The van der Waals surface area contributed by atoms with E-state index in [4.69, 9.17) is 12.2 Å². The summed E-state index contributed by atoms with van der Waals surface area (Å²) in [6, 6.07) is 4.03. The summed E-state index contributed by atoms with van der Waals surface area (Å²) in [6.45, 7) is 8.70. The number of aromatic amines is 1. The molecule has 6 nitrogen and oxygen atoms in total. The number of aromatic nitrogens is 2. The molecule has 2 aromatic heterocycles. The Morgan fingerprint density at radius 1 is 1.28 bits per heavy atom. The van der Waals surface area contributed by atoms with Crippen molar-refractivity contribution in [3.05, 3.63) is 30.1 Å². The fourth-order valence-corrected chi connectivity index (χ4v) is 6.80. The van der Waals surface area contributed by atoms with Gasteiger partial charge in [-0.05, 0) is 41.9 Å². The quantitative estimate of drug-likeness (QED) is 0.746. The molecular weight excluding hydrogens is 404 g/mol. The number of hydrogen-bond acceptors (Lipinski definition) is 4. The minimum absolute atomic E-state index is 0.126. The van der Waals surface area contributed by atoms with Crippen LogP contribution in [0.1, 0.15) is 51.5 Å². The van der Waals surface area contributed by atoms with Gasteiger partial charge in [-0.1, -0.05) is 33.0 Å². The first-order chi connectivity index (χ1) is 13.6. The summed E-state index contributed by atoms with van der Waals surface area (Å²) < 4.78 is 27.8. The molecule has 2 fully saturated rings. The number of nitrogens with zero attached hydrogens (tertiary/aromatic N) is 3. The van der Waals surface area contributed by atoms with Crippen LogP contribution in [0.2, 0.25) is 0 Å². The van der Waals surface area contributed by atoms with E-state index in [1.165, 1.54) is 5.56 Å². The van der Waals surface area contributed by atoms with E-state index in [9.17, 15) is 8.42 Å². The highest BCUT2D eigenvalue weighted by Gasteiger charge is 2.43. The number of H-pyrrole nitrogens is 1. The predicted molar refractivity (Wildman–Crippen MR) is 121 cm³/mol. The molecule has 2 aliphatic heterocycles. The topological polar surface area (TPSA) is 69.3 Å². The van der Waals surface area contributed by atoms with Gasteiger partial charge in [-0.25, -0.2) is 17.7 Å². The average molecular weight is 435 g/mol. The Morgan fingerprint density at radius 2 is 1.97 bits per heavy atom. The summed E-state index contributed by atoms with van der Waals surface area (Å²) in [6.07, 6.45) is 6.33. The van der Waals surface area contributed by atoms with Crippen LogP contribution in [0.5, 0.6) is 0 Å². The van der Waals surface area contributed by atoms with Crippen molar-refractivity contribution < 1.29 is 8.42 Å². The molecule has 0 spiro atoms. The van der Waals surface area contributed by atoms with Gasteiger partial charge < -0.3 is 9.88 Å². The number of nitrogens with one attached hydrogen (secondary N) is 1. The van der Waals surface area contributed by atoms with E-state index >= 15 is 0 Å². The van der Waals surface area contributed by atoms with Gasteiger partial charge in [0.25, 0.3) is 0 Å². The summed E-state index contributed by atoms with van der Waals surface area (Å²) in [7, 11) is -3.26. The maximum Gasteiger partial charge on any atom is 0.220 e. The van der Waals surface area contributed by atoms with Crippen molar-refractivity contribution in [3.63, 3.8) is 0 Å². The van der Waals surface area contributed by atoms with E-state index in [2.05, 4.69) is 41.7 Å². The number of pyridine rings is 1. The van der Waals surface area contributed by atoms with E-state index in [1.807, 2.05) is 12.3 Å². The zero-order chi connectivity index (χ0) is 20.8. The summed E-state index contributed by atoms with van der Waals surface area (Å²) in [4.78, 5) is 10.5. The summed E-state index contributed by atoms with van der Waals surface area (Å²) in [5.74, 6) is 0.372. The molecule has 2 aliphatic rings. The molecule has 2 aromatic rings. The van der Waals surface area contributed by atoms with E-state index in [0.29, 0.717) is 32.1 Å². The van der Waals surface area contributed by atoms with Crippen LogP contribution >= 0.6 is 12.2 Å². The summed E-state index contributed by atoms with van der Waals surface area (Å²) in [5.41, 5.74) is 2.28. The Morgan fingerprint density at radius 3 is 2.62 bits per heavy atom. The molecule has 2 saturated heterocycles. The maximum atomic E-state index is 13.1. The lowest BCUT2D eigenvalue weighted by Gasteiger charge is -2.44. The lowest BCUT2D eigenvalue weighted by molar-refractivity contribution is 0.263. The van der Waals surface area contributed by atoms with Gasteiger partial charge in [-0.3, -0.25) is 0 Å². The molecule has 29 heavy (non-hydrogen) atoms. The number of sulfonamides is 1. The van der Waals surface area contributed by atoms with Crippen molar-refractivity contribution in [2.24, 2.45) is 5.41 Å². The number of hydrogen-bond donors (Lipinski definition) is 1. The van der Waals surface area contributed by atoms with Crippen LogP contribution in [0.25, 0.3) is 11.0 Å². The molecule has 8 heteroatoms. The number of likely N-dealkylation sites (tertiary alicyclic amines) is 1. The highest BCUT2D eigenvalue weighted by atomic mass is 32.2. The molecule has 0 bridgehead atoms. The Labute approximate surface area is 178 Å². The molecule has 0 unspecified atom stereocenters. The van der Waals surface area contributed by atoms with Crippen molar-refractivity contribution in [1.82, 2.24) is 19.2 Å². The van der Waals surface area contributed by atoms with Crippen molar-refractivity contribution in [2.45, 2.75) is 51.2 Å². The van der Waals surface area contributed by atoms with Gasteiger partial charge in [0, 0.05) is 50.4 Å². The summed E-state index contributed by atoms with van der Waals surface area (Å²) in [5, 5.41) is 0.824. The third-order valence-electron chi connectivity index (χ3n) is 6.04. The zero-order valence-corrected chi connectivity index (χ0v) is 19.0. The Hall–Kier alpha value is -1.51. The Kier molecular flexibility index (Phi) is 5.46. The molecule has 0 saturated carbocycles. The van der Waals surface area contributed by atoms with Crippen LogP contribution < -0.4 is 0 Å². The number of thiocarbonyl (C=S) groups is 1. The van der Waals surface area contributed by atoms with Gasteiger partial charge in [0.15, 0.2) is 0 Å².